The number of hydrogen-bond donors (Lipinski definition) is 1. The number of anilines is 1. The third-order valence-corrected chi connectivity index (χ3v) is 5.24. The van der Waals surface area contributed by atoms with Crippen LogP contribution in [0.1, 0.15) is 26.5 Å². The first-order valence-corrected chi connectivity index (χ1v) is 11.0. The summed E-state index contributed by atoms with van der Waals surface area (Å²) in [4.78, 5) is 37.0. The number of para-hydroxylation sites is 1. The SMILES string of the molecule is COC(=O)C(/C=N\C(=O)OC(C)(C)C)Cc1cc(-c2cnc3ccccc3c2)c2c(N)ncnn12. The molecule has 0 fully saturated rings. The molecular formula is C25H26N6O4. The maximum absolute atomic E-state index is 12.5. The van der Waals surface area contributed by atoms with E-state index in [1.54, 1.807) is 31.5 Å². The Bertz CT molecular complexity index is 1440. The molecule has 0 aliphatic carbocycles. The van der Waals surface area contributed by atoms with E-state index in [0.29, 0.717) is 11.2 Å². The molecule has 0 aliphatic heterocycles. The van der Waals surface area contributed by atoms with Crippen molar-refractivity contribution >= 4 is 40.5 Å². The van der Waals surface area contributed by atoms with Crippen molar-refractivity contribution in [2.75, 3.05) is 12.8 Å². The molecule has 1 amide bonds. The van der Waals surface area contributed by atoms with Crippen molar-refractivity contribution in [3.8, 4) is 11.1 Å². The number of benzene rings is 1. The molecule has 3 heterocycles. The topological polar surface area (TPSA) is 134 Å². The van der Waals surface area contributed by atoms with Gasteiger partial charge in [0.2, 0.25) is 0 Å². The van der Waals surface area contributed by atoms with Gasteiger partial charge in [0.05, 0.1) is 18.5 Å². The van der Waals surface area contributed by atoms with Crippen LogP contribution < -0.4 is 5.73 Å². The third-order valence-electron chi connectivity index (χ3n) is 5.24. The molecule has 1 aromatic carbocycles. The van der Waals surface area contributed by atoms with E-state index in [0.717, 1.165) is 22.0 Å². The average Bonchev–Trinajstić information content (AvgIpc) is 3.19. The lowest BCUT2D eigenvalue weighted by molar-refractivity contribution is -0.142. The van der Waals surface area contributed by atoms with Crippen LogP contribution in [0.15, 0.2) is 53.9 Å². The van der Waals surface area contributed by atoms with E-state index < -0.39 is 23.6 Å². The number of methoxy groups -OCH3 is 1. The summed E-state index contributed by atoms with van der Waals surface area (Å²) in [5.41, 5.74) is 9.23. The van der Waals surface area contributed by atoms with Crippen molar-refractivity contribution in [2.45, 2.75) is 32.8 Å². The molecule has 0 saturated carbocycles. The molecule has 3 aromatic heterocycles. The Labute approximate surface area is 201 Å². The molecule has 4 rings (SSSR count). The number of pyridine rings is 1. The quantitative estimate of drug-likeness (QED) is 0.340. The van der Waals surface area contributed by atoms with Crippen LogP contribution in [0.25, 0.3) is 27.5 Å². The van der Waals surface area contributed by atoms with Crippen molar-refractivity contribution in [1.82, 2.24) is 19.6 Å². The maximum Gasteiger partial charge on any atom is 0.433 e. The monoisotopic (exact) mass is 474 g/mol. The molecule has 1 atom stereocenters. The van der Waals surface area contributed by atoms with E-state index in [4.69, 9.17) is 15.2 Å². The zero-order chi connectivity index (χ0) is 25.2. The largest absolute Gasteiger partial charge is 0.469 e. The fourth-order valence-electron chi connectivity index (χ4n) is 3.73. The summed E-state index contributed by atoms with van der Waals surface area (Å²) in [6.45, 7) is 5.20. The van der Waals surface area contributed by atoms with Gasteiger partial charge in [-0.05, 0) is 39.0 Å². The fourth-order valence-corrected chi connectivity index (χ4v) is 3.73. The summed E-state index contributed by atoms with van der Waals surface area (Å²) in [6.07, 6.45) is 3.70. The molecule has 180 valence electrons. The first kappa shape index (κ1) is 23.8. The number of aromatic nitrogens is 4. The first-order valence-electron chi connectivity index (χ1n) is 11.0. The number of fused-ring (bicyclic) bond motifs is 2. The molecule has 0 saturated heterocycles. The Morgan fingerprint density at radius 3 is 2.71 bits per heavy atom. The number of hydrogen-bond acceptors (Lipinski definition) is 8. The van der Waals surface area contributed by atoms with E-state index >= 15 is 0 Å². The number of carbonyl (C=O) groups is 2. The summed E-state index contributed by atoms with van der Waals surface area (Å²) >= 11 is 0. The lowest BCUT2D eigenvalue weighted by Gasteiger charge is -2.17. The lowest BCUT2D eigenvalue weighted by atomic mass is 10.0. The summed E-state index contributed by atoms with van der Waals surface area (Å²) in [5.74, 6) is -1.13. The van der Waals surface area contributed by atoms with Gasteiger partial charge in [-0.1, -0.05) is 18.2 Å². The van der Waals surface area contributed by atoms with Crippen molar-refractivity contribution in [1.29, 1.82) is 0 Å². The van der Waals surface area contributed by atoms with Crippen LogP contribution in [0.5, 0.6) is 0 Å². The molecule has 0 radical (unpaired) electrons. The molecule has 2 N–H and O–H groups in total. The normalized spacial score (nSPS) is 12.8. The summed E-state index contributed by atoms with van der Waals surface area (Å²) in [7, 11) is 1.28. The maximum atomic E-state index is 12.5. The van der Waals surface area contributed by atoms with Gasteiger partial charge < -0.3 is 15.2 Å². The van der Waals surface area contributed by atoms with Crippen LogP contribution in [0, 0.1) is 5.92 Å². The van der Waals surface area contributed by atoms with E-state index in [9.17, 15) is 9.59 Å². The minimum atomic E-state index is -0.857. The fraction of sp³-hybridized carbons (Fsp3) is 0.280. The number of nitrogens with zero attached hydrogens (tertiary/aromatic N) is 5. The zero-order valence-corrected chi connectivity index (χ0v) is 19.9. The van der Waals surface area contributed by atoms with E-state index in [2.05, 4.69) is 20.1 Å². The Morgan fingerprint density at radius 2 is 1.97 bits per heavy atom. The van der Waals surface area contributed by atoms with Crippen molar-refractivity contribution in [3.05, 3.63) is 54.6 Å². The van der Waals surface area contributed by atoms with Gasteiger partial charge >= 0.3 is 12.1 Å². The minimum absolute atomic E-state index is 0.150. The van der Waals surface area contributed by atoms with Gasteiger partial charge in [0, 0.05) is 41.0 Å². The Balaban J connectivity index is 1.74. The Morgan fingerprint density at radius 1 is 1.20 bits per heavy atom. The van der Waals surface area contributed by atoms with Crippen LogP contribution in [0.3, 0.4) is 0 Å². The highest BCUT2D eigenvalue weighted by Crippen LogP contribution is 2.32. The van der Waals surface area contributed by atoms with E-state index in [1.165, 1.54) is 19.7 Å². The van der Waals surface area contributed by atoms with Crippen LogP contribution in [0.2, 0.25) is 0 Å². The van der Waals surface area contributed by atoms with Gasteiger partial charge in [-0.2, -0.15) is 10.1 Å². The number of carbonyl (C=O) groups excluding carboxylic acids is 2. The minimum Gasteiger partial charge on any atom is -0.469 e. The van der Waals surface area contributed by atoms with Crippen LogP contribution in [-0.2, 0) is 20.7 Å². The number of esters is 1. The highest BCUT2D eigenvalue weighted by Gasteiger charge is 2.24. The predicted molar refractivity (Wildman–Crippen MR) is 132 cm³/mol. The Kier molecular flexibility index (Phi) is 6.46. The van der Waals surface area contributed by atoms with E-state index in [-0.39, 0.29) is 12.2 Å². The van der Waals surface area contributed by atoms with Crippen LogP contribution in [-0.4, -0.2) is 50.6 Å². The van der Waals surface area contributed by atoms with Gasteiger partial charge in [-0.15, -0.1) is 0 Å². The smallest absolute Gasteiger partial charge is 0.433 e. The second-order valence-electron chi connectivity index (χ2n) is 8.96. The molecule has 0 bridgehead atoms. The molecule has 0 aliphatic rings. The second kappa shape index (κ2) is 9.49. The Hall–Kier alpha value is -4.34. The van der Waals surface area contributed by atoms with Gasteiger partial charge in [0.1, 0.15) is 17.4 Å². The molecule has 10 heteroatoms. The van der Waals surface area contributed by atoms with Gasteiger partial charge in [-0.25, -0.2) is 14.3 Å². The molecule has 35 heavy (non-hydrogen) atoms. The van der Waals surface area contributed by atoms with Gasteiger partial charge in [0.25, 0.3) is 0 Å². The number of ether oxygens (including phenoxy) is 2. The van der Waals surface area contributed by atoms with Crippen molar-refractivity contribution in [2.24, 2.45) is 10.9 Å². The summed E-state index contributed by atoms with van der Waals surface area (Å²) < 4.78 is 11.8. The number of aliphatic imine (C=N–C) groups is 1. The molecule has 1 unspecified atom stereocenters. The molecule has 0 spiro atoms. The predicted octanol–water partition coefficient (Wildman–Crippen LogP) is 3.86. The summed E-state index contributed by atoms with van der Waals surface area (Å²) in [5, 5.41) is 5.32. The average molecular weight is 475 g/mol. The molecule has 4 aromatic rings. The first-order chi connectivity index (χ1) is 16.7. The standard InChI is InChI=1S/C25H26N6O4/c1-25(2,3)35-24(33)28-13-17(23(32)34-4)10-18-11-19(21-22(26)29-14-30-31(18)21)16-9-15-7-5-6-8-20(15)27-12-16/h5-9,11-14,17H,10H2,1-4H3,(H2,26,29,30)/b28-13-. The van der Waals surface area contributed by atoms with Crippen LogP contribution >= 0.6 is 0 Å². The third kappa shape index (κ3) is 5.26. The lowest BCUT2D eigenvalue weighted by Crippen LogP contribution is -2.24. The highest BCUT2D eigenvalue weighted by atomic mass is 16.6. The molecular weight excluding hydrogens is 448 g/mol. The highest BCUT2D eigenvalue weighted by molar-refractivity contribution is 5.95. The van der Waals surface area contributed by atoms with Crippen molar-refractivity contribution in [3.63, 3.8) is 0 Å². The number of amides is 1. The van der Waals surface area contributed by atoms with Crippen LogP contribution in [0.4, 0.5) is 10.6 Å². The summed E-state index contributed by atoms with van der Waals surface area (Å²) in [6, 6.07) is 11.7. The number of nitrogens with two attached hydrogens (primary N) is 1. The molecule has 10 nitrogen and oxygen atoms in total. The van der Waals surface area contributed by atoms with Gasteiger partial charge in [-0.3, -0.25) is 9.78 Å². The number of nitrogen functional groups attached to an aromatic ring is 1. The second-order valence-corrected chi connectivity index (χ2v) is 8.96. The zero-order valence-electron chi connectivity index (χ0n) is 19.9. The number of rotatable bonds is 5. The van der Waals surface area contributed by atoms with Crippen molar-refractivity contribution < 1.29 is 19.1 Å². The van der Waals surface area contributed by atoms with Gasteiger partial charge in [0.15, 0.2) is 5.82 Å². The van der Waals surface area contributed by atoms with E-state index in [1.807, 2.05) is 36.4 Å².